The number of nitrogens with zero attached hydrogens (tertiary/aromatic N) is 2. The highest BCUT2D eigenvalue weighted by Crippen LogP contribution is 2.28. The zero-order valence-corrected chi connectivity index (χ0v) is 16.4. The first-order valence-electron chi connectivity index (χ1n) is 10.4. The van der Waals surface area contributed by atoms with E-state index in [9.17, 15) is 4.79 Å². The molecule has 1 unspecified atom stereocenters. The molecule has 3 heterocycles. The number of rotatable bonds is 4. The third-order valence-corrected chi connectivity index (χ3v) is 5.86. The predicted molar refractivity (Wildman–Crippen MR) is 115 cm³/mol. The number of anilines is 1. The van der Waals surface area contributed by atoms with Crippen molar-refractivity contribution in [2.75, 3.05) is 31.1 Å². The van der Waals surface area contributed by atoms with Crippen LogP contribution in [0.25, 0.3) is 10.9 Å². The van der Waals surface area contributed by atoms with Gasteiger partial charge in [0.15, 0.2) is 0 Å². The highest BCUT2D eigenvalue weighted by atomic mass is 16.5. The largest absolute Gasteiger partial charge is 0.493 e. The number of pyridine rings is 1. The monoisotopic (exact) mass is 387 g/mol. The number of amides is 1. The zero-order chi connectivity index (χ0) is 19.6. The molecule has 1 N–H and O–H groups in total. The Morgan fingerprint density at radius 1 is 1.10 bits per heavy atom. The van der Waals surface area contributed by atoms with Gasteiger partial charge in [-0.1, -0.05) is 36.4 Å². The van der Waals surface area contributed by atoms with Gasteiger partial charge in [-0.3, -0.25) is 4.79 Å². The summed E-state index contributed by atoms with van der Waals surface area (Å²) < 4.78 is 5.86. The summed E-state index contributed by atoms with van der Waals surface area (Å²) in [7, 11) is 0. The molecule has 1 fully saturated rings. The maximum absolute atomic E-state index is 13.1. The molecular formula is C24H25N3O2. The van der Waals surface area contributed by atoms with E-state index < -0.39 is 0 Å². The molecule has 0 saturated carbocycles. The zero-order valence-electron chi connectivity index (χ0n) is 16.4. The number of carbonyl (C=O) groups is 1. The molecule has 2 aliphatic heterocycles. The molecule has 5 rings (SSSR count). The summed E-state index contributed by atoms with van der Waals surface area (Å²) in [5.41, 5.74) is 2.81. The minimum absolute atomic E-state index is 0.0518. The number of hydrogen-bond donors (Lipinski definition) is 1. The van der Waals surface area contributed by atoms with Crippen molar-refractivity contribution in [3.8, 4) is 5.75 Å². The summed E-state index contributed by atoms with van der Waals surface area (Å²) in [4.78, 5) is 20.2. The van der Waals surface area contributed by atoms with Gasteiger partial charge in [0.05, 0.1) is 17.7 Å². The minimum atomic E-state index is -0.0518. The summed E-state index contributed by atoms with van der Waals surface area (Å²) in [6.45, 7) is 3.14. The number of carbonyl (C=O) groups excluding carboxylic acids is 1. The molecule has 148 valence electrons. The van der Waals surface area contributed by atoms with E-state index in [0.29, 0.717) is 18.7 Å². The maximum Gasteiger partial charge on any atom is 0.255 e. The van der Waals surface area contributed by atoms with Crippen molar-refractivity contribution in [3.63, 3.8) is 0 Å². The fourth-order valence-corrected chi connectivity index (χ4v) is 4.30. The van der Waals surface area contributed by atoms with Gasteiger partial charge in [-0.15, -0.1) is 0 Å². The van der Waals surface area contributed by atoms with Gasteiger partial charge in [-0.05, 0) is 43.0 Å². The average Bonchev–Trinajstić information content (AvgIpc) is 3.31. The van der Waals surface area contributed by atoms with E-state index in [0.717, 1.165) is 54.8 Å². The Balaban J connectivity index is 1.35. The Morgan fingerprint density at radius 2 is 1.90 bits per heavy atom. The Bertz CT molecular complexity index is 1040. The van der Waals surface area contributed by atoms with Gasteiger partial charge in [-0.25, -0.2) is 4.98 Å². The first-order chi connectivity index (χ1) is 14.3. The van der Waals surface area contributed by atoms with Crippen molar-refractivity contribution in [2.45, 2.75) is 19.3 Å². The van der Waals surface area contributed by atoms with Gasteiger partial charge >= 0.3 is 0 Å². The summed E-state index contributed by atoms with van der Waals surface area (Å²) in [6, 6.07) is 18.1. The quantitative estimate of drug-likeness (QED) is 0.740. The van der Waals surface area contributed by atoms with Crippen LogP contribution in [0.2, 0.25) is 0 Å². The summed E-state index contributed by atoms with van der Waals surface area (Å²) in [5.74, 6) is 2.00. The maximum atomic E-state index is 13.1. The van der Waals surface area contributed by atoms with Crippen LogP contribution in [0, 0.1) is 5.92 Å². The van der Waals surface area contributed by atoms with Crippen LogP contribution in [-0.2, 0) is 6.42 Å². The molecule has 0 radical (unpaired) electrons. The van der Waals surface area contributed by atoms with Crippen LogP contribution in [-0.4, -0.2) is 37.1 Å². The molecular weight excluding hydrogens is 362 g/mol. The van der Waals surface area contributed by atoms with E-state index >= 15 is 0 Å². The van der Waals surface area contributed by atoms with Crippen LogP contribution in [0.15, 0.2) is 54.6 Å². The second kappa shape index (κ2) is 7.74. The minimum Gasteiger partial charge on any atom is -0.493 e. The van der Waals surface area contributed by atoms with Crippen molar-refractivity contribution in [3.05, 3.63) is 65.7 Å². The molecule has 1 aromatic heterocycles. The van der Waals surface area contributed by atoms with E-state index in [1.54, 1.807) is 0 Å². The third kappa shape index (κ3) is 3.65. The summed E-state index contributed by atoms with van der Waals surface area (Å²) >= 11 is 0. The number of hydrogen-bond acceptors (Lipinski definition) is 4. The average molecular weight is 387 g/mol. The molecule has 3 aromatic rings. The standard InChI is InChI=1S/C24H25N3O2/c28-24(25-15-17-13-19-8-2-4-10-22(19)29-16-17)20-14-18-7-1-3-9-21(18)26-23(20)27-11-5-6-12-27/h1-4,7-10,14,17H,5-6,11-13,15-16H2,(H,25,28). The van der Waals surface area contributed by atoms with Crippen LogP contribution in [0.1, 0.15) is 28.8 Å². The van der Waals surface area contributed by atoms with Crippen LogP contribution in [0.3, 0.4) is 0 Å². The molecule has 2 aliphatic rings. The number of aromatic nitrogens is 1. The molecule has 1 amide bonds. The van der Waals surface area contributed by atoms with E-state index in [-0.39, 0.29) is 11.8 Å². The van der Waals surface area contributed by atoms with E-state index in [2.05, 4.69) is 16.3 Å². The van der Waals surface area contributed by atoms with Crippen LogP contribution >= 0.6 is 0 Å². The Hall–Kier alpha value is -3.08. The van der Waals surface area contributed by atoms with E-state index in [1.807, 2.05) is 48.5 Å². The number of ether oxygens (including phenoxy) is 1. The fraction of sp³-hybridized carbons (Fsp3) is 0.333. The first kappa shape index (κ1) is 18.0. The number of para-hydroxylation sites is 2. The molecule has 0 aliphatic carbocycles. The van der Waals surface area contributed by atoms with E-state index in [1.165, 1.54) is 5.56 Å². The molecule has 2 aromatic carbocycles. The third-order valence-electron chi connectivity index (χ3n) is 5.86. The van der Waals surface area contributed by atoms with Gasteiger partial charge in [0.25, 0.3) is 5.91 Å². The van der Waals surface area contributed by atoms with Gasteiger partial charge in [0, 0.05) is 30.9 Å². The lowest BCUT2D eigenvalue weighted by atomic mass is 9.96. The number of fused-ring (bicyclic) bond motifs is 2. The first-order valence-corrected chi connectivity index (χ1v) is 10.4. The smallest absolute Gasteiger partial charge is 0.255 e. The van der Waals surface area contributed by atoms with Gasteiger partial charge in [0.1, 0.15) is 11.6 Å². The molecule has 0 spiro atoms. The number of nitrogens with one attached hydrogen (secondary N) is 1. The Kier molecular flexibility index (Phi) is 4.80. The van der Waals surface area contributed by atoms with Crippen molar-refractivity contribution in [2.24, 2.45) is 5.92 Å². The summed E-state index contributed by atoms with van der Waals surface area (Å²) in [6.07, 6.45) is 3.22. The normalized spacial score (nSPS) is 18.3. The van der Waals surface area contributed by atoms with Crippen molar-refractivity contribution in [1.29, 1.82) is 0 Å². The number of benzene rings is 2. The second-order valence-corrected chi connectivity index (χ2v) is 7.95. The Morgan fingerprint density at radius 3 is 2.79 bits per heavy atom. The lowest BCUT2D eigenvalue weighted by Gasteiger charge is -2.26. The van der Waals surface area contributed by atoms with Gasteiger partial charge in [-0.2, -0.15) is 0 Å². The molecule has 0 bridgehead atoms. The van der Waals surface area contributed by atoms with Crippen LogP contribution < -0.4 is 15.0 Å². The van der Waals surface area contributed by atoms with Crippen molar-refractivity contribution >= 4 is 22.6 Å². The van der Waals surface area contributed by atoms with Crippen LogP contribution in [0.4, 0.5) is 5.82 Å². The molecule has 5 heteroatoms. The lowest BCUT2D eigenvalue weighted by molar-refractivity contribution is 0.0939. The second-order valence-electron chi connectivity index (χ2n) is 7.95. The SMILES string of the molecule is O=C(NCC1COc2ccccc2C1)c1cc2ccccc2nc1N1CCCC1. The van der Waals surface area contributed by atoms with Crippen LogP contribution in [0.5, 0.6) is 5.75 Å². The highest BCUT2D eigenvalue weighted by Gasteiger charge is 2.24. The summed E-state index contributed by atoms with van der Waals surface area (Å²) in [5, 5.41) is 4.14. The molecule has 1 saturated heterocycles. The predicted octanol–water partition coefficient (Wildman–Crippen LogP) is 3.82. The Labute approximate surface area is 170 Å². The molecule has 1 atom stereocenters. The van der Waals surface area contributed by atoms with Gasteiger partial charge < -0.3 is 15.0 Å². The fourth-order valence-electron chi connectivity index (χ4n) is 4.30. The van der Waals surface area contributed by atoms with E-state index in [4.69, 9.17) is 9.72 Å². The highest BCUT2D eigenvalue weighted by molar-refractivity contribution is 6.02. The van der Waals surface area contributed by atoms with Gasteiger partial charge in [0.2, 0.25) is 0 Å². The topological polar surface area (TPSA) is 54.5 Å². The van der Waals surface area contributed by atoms with Crippen molar-refractivity contribution in [1.82, 2.24) is 10.3 Å². The van der Waals surface area contributed by atoms with Crippen molar-refractivity contribution < 1.29 is 9.53 Å². The molecule has 5 nitrogen and oxygen atoms in total. The molecule has 29 heavy (non-hydrogen) atoms. The lowest BCUT2D eigenvalue weighted by Crippen LogP contribution is -2.35.